The molecule has 2 saturated heterocycles. The lowest BCUT2D eigenvalue weighted by Gasteiger charge is -2.56. The van der Waals surface area contributed by atoms with Gasteiger partial charge < -0.3 is 33.9 Å². The molecule has 8 rings (SSSR count). The highest BCUT2D eigenvalue weighted by Crippen LogP contribution is 2.69. The molecular weight excluding hydrogens is 616 g/mol. The van der Waals surface area contributed by atoms with Crippen LogP contribution in [0, 0.1) is 11.8 Å². The van der Waals surface area contributed by atoms with E-state index in [0.717, 1.165) is 6.42 Å². The van der Waals surface area contributed by atoms with Crippen LogP contribution in [0.2, 0.25) is 0 Å². The Kier molecular flexibility index (Phi) is 7.10. The van der Waals surface area contributed by atoms with E-state index in [0.29, 0.717) is 19.3 Å². The summed E-state index contributed by atoms with van der Waals surface area (Å²) in [5.74, 6) is -1.67. The van der Waals surface area contributed by atoms with Gasteiger partial charge in [-0.2, -0.15) is 0 Å². The summed E-state index contributed by atoms with van der Waals surface area (Å²) in [4.78, 5) is 40.3. The lowest BCUT2D eigenvalue weighted by atomic mass is 9.51. The Labute approximate surface area is 280 Å². The molecule has 7 atom stereocenters. The van der Waals surface area contributed by atoms with Gasteiger partial charge in [-0.3, -0.25) is 14.4 Å². The van der Waals surface area contributed by atoms with Gasteiger partial charge in [-0.25, -0.2) is 0 Å². The molecule has 4 heterocycles. The van der Waals surface area contributed by atoms with E-state index in [1.54, 1.807) is 25.2 Å². The van der Waals surface area contributed by atoms with E-state index in [2.05, 4.69) is 6.08 Å². The molecule has 3 fully saturated rings. The standard InChI is InChI=1S/C38H44O10/c1-19(2)10-9-13-36(8)14-12-22-27(40)25-28(41)23-16-21-17-24-34(4,5)48-37(32(21)43,15-11-20(3)44-18-39)38(23,24)46-31(25)26(30(22)45-36)29(42)33-35(6,7)47-33/h10-12,14,16,18,21,24,29,33,40,42H,9,13,15,17H2,1-8H3/b20-11-/t21-,24?,29?,33?,36-,37-,38-/m1/s1. The molecule has 1 saturated carbocycles. The zero-order valence-electron chi connectivity index (χ0n) is 28.8. The van der Waals surface area contributed by atoms with Crippen molar-refractivity contribution in [2.75, 3.05) is 0 Å². The molecule has 10 heteroatoms. The van der Waals surface area contributed by atoms with E-state index in [1.807, 2.05) is 54.5 Å². The van der Waals surface area contributed by atoms with Crippen molar-refractivity contribution in [3.05, 3.63) is 57.9 Å². The first-order valence-corrected chi connectivity index (χ1v) is 16.7. The minimum absolute atomic E-state index is 0.0306. The zero-order valence-corrected chi connectivity index (χ0v) is 28.8. The normalized spacial score (nSPS) is 35.0. The summed E-state index contributed by atoms with van der Waals surface area (Å²) in [6.45, 7) is 15.4. The van der Waals surface area contributed by atoms with Crippen molar-refractivity contribution in [2.45, 2.75) is 121 Å². The molecule has 3 aliphatic carbocycles. The van der Waals surface area contributed by atoms with Crippen LogP contribution in [-0.4, -0.2) is 62.4 Å². The molecule has 256 valence electrons. The summed E-state index contributed by atoms with van der Waals surface area (Å²) in [5, 5.41) is 23.9. The molecule has 48 heavy (non-hydrogen) atoms. The molecule has 0 radical (unpaired) electrons. The Morgan fingerprint density at radius 3 is 2.42 bits per heavy atom. The molecule has 7 aliphatic rings. The van der Waals surface area contributed by atoms with Gasteiger partial charge in [-0.15, -0.1) is 0 Å². The first-order valence-electron chi connectivity index (χ1n) is 16.7. The van der Waals surface area contributed by atoms with E-state index < -0.39 is 57.8 Å². The molecule has 1 aromatic carbocycles. The molecule has 10 nitrogen and oxygen atoms in total. The second kappa shape index (κ2) is 10.4. The van der Waals surface area contributed by atoms with E-state index in [-0.39, 0.29) is 57.5 Å². The van der Waals surface area contributed by atoms with Crippen molar-refractivity contribution in [2.24, 2.45) is 11.8 Å². The summed E-state index contributed by atoms with van der Waals surface area (Å²) < 4.78 is 31.5. The van der Waals surface area contributed by atoms with Crippen LogP contribution in [-0.2, 0) is 23.8 Å². The predicted octanol–water partition coefficient (Wildman–Crippen LogP) is 5.99. The number of phenols is 1. The first kappa shape index (κ1) is 32.8. The van der Waals surface area contributed by atoms with Gasteiger partial charge in [-0.1, -0.05) is 17.7 Å². The Balaban J connectivity index is 1.46. The Hall–Kier alpha value is -3.73. The quantitative estimate of drug-likeness (QED) is 0.141. The van der Waals surface area contributed by atoms with Gasteiger partial charge in [0.25, 0.3) is 6.47 Å². The number of aliphatic hydroxyl groups excluding tert-OH is 1. The number of epoxide rings is 1. The lowest BCUT2D eigenvalue weighted by Crippen LogP contribution is -2.72. The molecule has 3 unspecified atom stereocenters. The van der Waals surface area contributed by atoms with E-state index in [1.165, 1.54) is 5.57 Å². The number of ketones is 2. The number of aromatic hydroxyl groups is 1. The van der Waals surface area contributed by atoms with E-state index in [9.17, 15) is 24.6 Å². The number of fused-ring (bicyclic) bond motifs is 2. The van der Waals surface area contributed by atoms with Crippen molar-refractivity contribution in [1.29, 1.82) is 0 Å². The van der Waals surface area contributed by atoms with E-state index >= 15 is 0 Å². The van der Waals surface area contributed by atoms with Gasteiger partial charge >= 0.3 is 0 Å². The number of rotatable bonds is 9. The molecule has 1 aromatic rings. The third-order valence-corrected chi connectivity index (χ3v) is 11.2. The van der Waals surface area contributed by atoms with Crippen molar-refractivity contribution in [3.63, 3.8) is 0 Å². The molecule has 4 bridgehead atoms. The van der Waals surface area contributed by atoms with Gasteiger partial charge in [0.1, 0.15) is 46.4 Å². The van der Waals surface area contributed by atoms with Gasteiger partial charge in [-0.05, 0) is 92.9 Å². The monoisotopic (exact) mass is 660 g/mol. The van der Waals surface area contributed by atoms with Crippen LogP contribution in [0.4, 0.5) is 0 Å². The maximum atomic E-state index is 14.8. The largest absolute Gasteiger partial charge is 0.506 e. The maximum Gasteiger partial charge on any atom is 0.298 e. The second-order valence-corrected chi connectivity index (χ2v) is 15.6. The van der Waals surface area contributed by atoms with Gasteiger partial charge in [0.05, 0.1) is 22.3 Å². The molecule has 2 N–H and O–H groups in total. The number of hydrogen-bond donors (Lipinski definition) is 2. The number of allylic oxidation sites excluding steroid dienone is 4. The van der Waals surface area contributed by atoms with Crippen LogP contribution in [0.15, 0.2) is 41.2 Å². The number of ether oxygens (including phenoxy) is 5. The van der Waals surface area contributed by atoms with Crippen molar-refractivity contribution in [1.82, 2.24) is 0 Å². The predicted molar refractivity (Wildman–Crippen MR) is 175 cm³/mol. The minimum atomic E-state index is -1.66. The fraction of sp³-hybridized carbons (Fsp3) is 0.553. The van der Waals surface area contributed by atoms with Crippen LogP contribution >= 0.6 is 0 Å². The SMILES string of the molecule is CC(C)=CCC[C@]1(C)C=Cc2c(O)c3c(c(C(O)C4OC4(C)C)c2O1)O[C@]12C(=C[C@@H]4CC1C(C)(C)O[C@]2(C/C=C(/C)OC=O)C4=O)C3=O. The highest BCUT2D eigenvalue weighted by Gasteiger charge is 2.81. The first-order chi connectivity index (χ1) is 22.4. The van der Waals surface area contributed by atoms with Crippen LogP contribution in [0.1, 0.15) is 109 Å². The minimum Gasteiger partial charge on any atom is -0.506 e. The van der Waals surface area contributed by atoms with Crippen LogP contribution in [0.5, 0.6) is 17.2 Å². The Bertz CT molecular complexity index is 1770. The number of phenolic OH excluding ortho intramolecular Hbond substituents is 1. The number of Topliss-reactive ketones (excluding diaryl/α,β-unsaturated/α-hetero) is 2. The molecule has 0 aromatic heterocycles. The highest BCUT2D eigenvalue weighted by atomic mass is 16.6. The maximum absolute atomic E-state index is 14.8. The molecule has 0 amide bonds. The van der Waals surface area contributed by atoms with Crippen molar-refractivity contribution >= 4 is 24.1 Å². The summed E-state index contributed by atoms with van der Waals surface area (Å²) in [5.41, 5.74) is -3.84. The Morgan fingerprint density at radius 2 is 1.77 bits per heavy atom. The van der Waals surface area contributed by atoms with E-state index in [4.69, 9.17) is 23.7 Å². The van der Waals surface area contributed by atoms with Crippen LogP contribution < -0.4 is 9.47 Å². The van der Waals surface area contributed by atoms with Gasteiger partial charge in [0, 0.05) is 23.8 Å². The van der Waals surface area contributed by atoms with Crippen LogP contribution in [0.25, 0.3) is 6.08 Å². The fourth-order valence-electron chi connectivity index (χ4n) is 8.82. The summed E-state index contributed by atoms with van der Waals surface area (Å²) in [6, 6.07) is 0. The van der Waals surface area contributed by atoms with Crippen molar-refractivity contribution < 1.29 is 48.3 Å². The topological polar surface area (TPSA) is 141 Å². The number of carbonyl (C=O) groups is 3. The number of aliphatic hydroxyl groups is 1. The highest BCUT2D eigenvalue weighted by molar-refractivity contribution is 6.19. The molecule has 1 spiro atoms. The summed E-state index contributed by atoms with van der Waals surface area (Å²) in [7, 11) is 0. The Morgan fingerprint density at radius 1 is 1.06 bits per heavy atom. The average molecular weight is 661 g/mol. The summed E-state index contributed by atoms with van der Waals surface area (Å²) in [6.07, 6.45) is 8.76. The van der Waals surface area contributed by atoms with Crippen molar-refractivity contribution in [3.8, 4) is 17.2 Å². The molecule has 4 aliphatic heterocycles. The van der Waals surface area contributed by atoms with Gasteiger partial charge in [0.15, 0.2) is 22.8 Å². The summed E-state index contributed by atoms with van der Waals surface area (Å²) >= 11 is 0. The smallest absolute Gasteiger partial charge is 0.298 e. The van der Waals surface area contributed by atoms with Gasteiger partial charge in [0.2, 0.25) is 0 Å². The molecular formula is C38H44O10. The average Bonchev–Trinajstić information content (AvgIpc) is 3.60. The number of hydrogen-bond acceptors (Lipinski definition) is 10. The zero-order chi connectivity index (χ0) is 34.8. The number of carbonyl (C=O) groups excluding carboxylic acids is 3. The second-order valence-electron chi connectivity index (χ2n) is 15.6. The lowest BCUT2D eigenvalue weighted by molar-refractivity contribution is -0.171. The number of benzene rings is 1. The third-order valence-electron chi connectivity index (χ3n) is 11.2. The fourth-order valence-corrected chi connectivity index (χ4v) is 8.82. The third kappa shape index (κ3) is 4.38. The van der Waals surface area contributed by atoms with Crippen LogP contribution in [0.3, 0.4) is 0 Å².